The van der Waals surface area contributed by atoms with Crippen molar-refractivity contribution >= 4 is 17.7 Å². The summed E-state index contributed by atoms with van der Waals surface area (Å²) in [5.74, 6) is -0.586. The number of aromatic nitrogens is 2. The van der Waals surface area contributed by atoms with E-state index in [1.165, 1.54) is 11.8 Å². The predicted molar refractivity (Wildman–Crippen MR) is 231 cm³/mol. The molecule has 3 amide bonds. The number of aryl methyl sites for hydroxylation is 1. The Hall–Kier alpha value is -5.59. The third-order valence-electron chi connectivity index (χ3n) is 11.4. The molecule has 4 aromatic carbocycles. The third kappa shape index (κ3) is 11.8. The van der Waals surface area contributed by atoms with E-state index >= 15 is 0 Å². The standard InChI is InChI=1S/C50H56N4O7/c1-36(55)53-45-46(43-31-52-51-30-40(43)26-16-5-3-2-4-6-19-29-54-49(56)41-27-17-18-28-42(41)50(54)57)61-44(35-58-32-37-20-10-7-11-21-37)47(59-33-38-22-12-8-13-23-38)48(45)60-34-39-24-14-9-15-25-39/h7-15,17-18,20-25,27-28,30-31,44-48H,2-6,16,19,26,29,32-35H2,1H3,(H,53,55)/t44-,45+,46-,47+,48-/m1/s1. The second-order valence-electron chi connectivity index (χ2n) is 15.8. The van der Waals surface area contributed by atoms with Gasteiger partial charge in [0.1, 0.15) is 24.4 Å². The lowest BCUT2D eigenvalue weighted by Gasteiger charge is -2.47. The highest BCUT2D eigenvalue weighted by molar-refractivity contribution is 6.21. The van der Waals surface area contributed by atoms with E-state index in [-0.39, 0.29) is 24.3 Å². The minimum atomic E-state index is -0.626. The number of unbranched alkanes of at least 4 members (excludes halogenated alkanes) is 6. The fourth-order valence-corrected chi connectivity index (χ4v) is 8.27. The van der Waals surface area contributed by atoms with E-state index in [9.17, 15) is 14.4 Å². The van der Waals surface area contributed by atoms with Crippen molar-refractivity contribution in [3.8, 4) is 0 Å². The van der Waals surface area contributed by atoms with Crippen LogP contribution in [0.4, 0.5) is 0 Å². The molecule has 0 radical (unpaired) electrons. The van der Waals surface area contributed by atoms with E-state index in [1.54, 1.807) is 30.5 Å². The van der Waals surface area contributed by atoms with E-state index in [2.05, 4.69) is 15.5 Å². The molecule has 0 spiro atoms. The molecule has 1 aromatic heterocycles. The summed E-state index contributed by atoms with van der Waals surface area (Å²) in [6.07, 6.45) is 8.79. The van der Waals surface area contributed by atoms with Crippen LogP contribution < -0.4 is 5.32 Å². The number of imide groups is 1. The van der Waals surface area contributed by atoms with Crippen molar-refractivity contribution in [2.24, 2.45) is 0 Å². The van der Waals surface area contributed by atoms with Gasteiger partial charge in [0.25, 0.3) is 11.8 Å². The van der Waals surface area contributed by atoms with Gasteiger partial charge < -0.3 is 24.3 Å². The maximum absolute atomic E-state index is 13.0. The number of nitrogens with one attached hydrogen (secondary N) is 1. The normalized spacial score (nSPS) is 19.8. The van der Waals surface area contributed by atoms with Crippen molar-refractivity contribution in [1.82, 2.24) is 20.4 Å². The minimum absolute atomic E-state index is 0.189. The lowest BCUT2D eigenvalue weighted by Crippen LogP contribution is -2.62. The molecule has 2 aliphatic rings. The fourth-order valence-electron chi connectivity index (χ4n) is 8.27. The van der Waals surface area contributed by atoms with Gasteiger partial charge in [0.05, 0.1) is 56.0 Å². The SMILES string of the molecule is CC(=O)N[C@@H]1[C@@H](OCc2ccccc2)[C@@H](OCc2ccccc2)[C@@H](COCc2ccccc2)O[C@@H]1c1cnncc1CCCCCCCCCN1C(=O)c2ccccc2C1=O. The number of nitrogens with zero attached hydrogens (tertiary/aromatic N) is 3. The van der Waals surface area contributed by atoms with Gasteiger partial charge in [-0.05, 0) is 53.6 Å². The average Bonchev–Trinajstić information content (AvgIpc) is 3.53. The Balaban J connectivity index is 1.02. The first kappa shape index (κ1) is 43.5. The van der Waals surface area contributed by atoms with Gasteiger partial charge in [-0.3, -0.25) is 19.3 Å². The Kier molecular flexibility index (Phi) is 15.9. The molecule has 0 bridgehead atoms. The molecule has 3 heterocycles. The number of hydrogen-bond donors (Lipinski definition) is 1. The number of carbonyl (C=O) groups is 3. The Morgan fingerprint density at radius 2 is 1.15 bits per heavy atom. The van der Waals surface area contributed by atoms with Gasteiger partial charge in [-0.15, -0.1) is 0 Å². The molecule has 11 nitrogen and oxygen atoms in total. The van der Waals surface area contributed by atoms with Gasteiger partial charge in [-0.2, -0.15) is 10.2 Å². The molecule has 0 saturated carbocycles. The molecular weight excluding hydrogens is 769 g/mol. The summed E-state index contributed by atoms with van der Waals surface area (Å²) < 4.78 is 27.0. The molecule has 318 valence electrons. The molecular formula is C50H56N4O7. The first-order chi connectivity index (χ1) is 30.0. The molecule has 5 atom stereocenters. The monoisotopic (exact) mass is 824 g/mol. The number of carbonyl (C=O) groups excluding carboxylic acids is 3. The van der Waals surface area contributed by atoms with Crippen molar-refractivity contribution in [3.63, 3.8) is 0 Å². The maximum atomic E-state index is 13.0. The van der Waals surface area contributed by atoms with E-state index in [4.69, 9.17) is 18.9 Å². The summed E-state index contributed by atoms with van der Waals surface area (Å²) in [5.41, 5.74) is 5.92. The van der Waals surface area contributed by atoms with E-state index in [0.717, 1.165) is 79.2 Å². The van der Waals surface area contributed by atoms with Gasteiger partial charge in [0.15, 0.2) is 0 Å². The first-order valence-electron chi connectivity index (χ1n) is 21.6. The predicted octanol–water partition coefficient (Wildman–Crippen LogP) is 8.38. The van der Waals surface area contributed by atoms with Crippen LogP contribution in [0.25, 0.3) is 0 Å². The van der Waals surface area contributed by atoms with Crippen LogP contribution in [-0.4, -0.2) is 70.3 Å². The van der Waals surface area contributed by atoms with Crippen LogP contribution >= 0.6 is 0 Å². The summed E-state index contributed by atoms with van der Waals surface area (Å²) in [6, 6.07) is 36.4. The highest BCUT2D eigenvalue weighted by Crippen LogP contribution is 2.38. The Bertz CT molecular complexity index is 2120. The topological polar surface area (TPSA) is 129 Å². The van der Waals surface area contributed by atoms with E-state index < -0.39 is 30.5 Å². The summed E-state index contributed by atoms with van der Waals surface area (Å²) in [6.45, 7) is 3.22. The Labute approximate surface area is 358 Å². The number of amides is 3. The minimum Gasteiger partial charge on any atom is -0.374 e. The molecule has 2 aliphatic heterocycles. The van der Waals surface area contributed by atoms with Crippen LogP contribution in [0.3, 0.4) is 0 Å². The van der Waals surface area contributed by atoms with Gasteiger partial charge in [-0.1, -0.05) is 135 Å². The van der Waals surface area contributed by atoms with Crippen LogP contribution in [0.1, 0.15) is 107 Å². The summed E-state index contributed by atoms with van der Waals surface area (Å²) >= 11 is 0. The van der Waals surface area contributed by atoms with Crippen LogP contribution in [-0.2, 0) is 50.0 Å². The summed E-state index contributed by atoms with van der Waals surface area (Å²) in [5, 5.41) is 11.8. The van der Waals surface area contributed by atoms with Crippen molar-refractivity contribution in [1.29, 1.82) is 0 Å². The lowest BCUT2D eigenvalue weighted by atomic mass is 9.86. The first-order valence-corrected chi connectivity index (χ1v) is 21.6. The molecule has 11 heteroatoms. The zero-order chi connectivity index (χ0) is 42.2. The smallest absolute Gasteiger partial charge is 0.261 e. The molecule has 0 unspecified atom stereocenters. The summed E-state index contributed by atoms with van der Waals surface area (Å²) in [7, 11) is 0. The van der Waals surface area contributed by atoms with Crippen molar-refractivity contribution in [3.05, 3.63) is 167 Å². The van der Waals surface area contributed by atoms with Gasteiger partial charge in [0.2, 0.25) is 5.91 Å². The van der Waals surface area contributed by atoms with E-state index in [0.29, 0.717) is 37.5 Å². The quantitative estimate of drug-likeness (QED) is 0.0541. The largest absolute Gasteiger partial charge is 0.374 e. The second-order valence-corrected chi connectivity index (χ2v) is 15.8. The van der Waals surface area contributed by atoms with Gasteiger partial charge in [-0.25, -0.2) is 0 Å². The number of ether oxygens (including phenoxy) is 4. The van der Waals surface area contributed by atoms with Crippen LogP contribution in [0.15, 0.2) is 128 Å². The van der Waals surface area contributed by atoms with Crippen LogP contribution in [0, 0.1) is 0 Å². The number of benzene rings is 4. The van der Waals surface area contributed by atoms with Crippen LogP contribution in [0.2, 0.25) is 0 Å². The average molecular weight is 825 g/mol. The molecule has 7 rings (SSSR count). The highest BCUT2D eigenvalue weighted by Gasteiger charge is 2.49. The van der Waals surface area contributed by atoms with Crippen molar-refractivity contribution in [2.75, 3.05) is 13.2 Å². The number of fused-ring (bicyclic) bond motifs is 1. The maximum Gasteiger partial charge on any atom is 0.261 e. The van der Waals surface area contributed by atoms with Gasteiger partial charge >= 0.3 is 0 Å². The van der Waals surface area contributed by atoms with Crippen molar-refractivity contribution in [2.45, 2.75) is 109 Å². The third-order valence-corrected chi connectivity index (χ3v) is 11.4. The fraction of sp³-hybridized carbons (Fsp3) is 0.380. The Morgan fingerprint density at radius 3 is 1.74 bits per heavy atom. The van der Waals surface area contributed by atoms with Gasteiger partial charge in [0, 0.05) is 19.0 Å². The Morgan fingerprint density at radius 1 is 0.639 bits per heavy atom. The molecule has 0 aliphatic carbocycles. The second kappa shape index (κ2) is 22.3. The summed E-state index contributed by atoms with van der Waals surface area (Å²) in [4.78, 5) is 39.8. The molecule has 61 heavy (non-hydrogen) atoms. The zero-order valence-electron chi connectivity index (χ0n) is 34.9. The number of hydrogen-bond acceptors (Lipinski definition) is 9. The molecule has 5 aromatic rings. The zero-order valence-corrected chi connectivity index (χ0v) is 34.9. The van der Waals surface area contributed by atoms with Crippen LogP contribution in [0.5, 0.6) is 0 Å². The van der Waals surface area contributed by atoms with E-state index in [1.807, 2.05) is 97.2 Å². The molecule has 1 fully saturated rings. The highest BCUT2D eigenvalue weighted by atomic mass is 16.6. The lowest BCUT2D eigenvalue weighted by molar-refractivity contribution is -0.234. The molecule has 1 N–H and O–H groups in total. The molecule has 1 saturated heterocycles. The number of rotatable bonds is 22. The van der Waals surface area contributed by atoms with Crippen molar-refractivity contribution < 1.29 is 33.3 Å².